The van der Waals surface area contributed by atoms with Crippen molar-refractivity contribution in [3.63, 3.8) is 0 Å². The number of hydrogen-bond donors (Lipinski definition) is 2. The number of aliphatic hydroxyl groups is 2. The molecule has 2 rings (SSSR count). The van der Waals surface area contributed by atoms with Crippen LogP contribution in [0.3, 0.4) is 0 Å². The van der Waals surface area contributed by atoms with Crippen molar-refractivity contribution in [2.75, 3.05) is 13.2 Å². The first-order valence-corrected chi connectivity index (χ1v) is 5.43. The third-order valence-electron chi connectivity index (χ3n) is 4.07. The lowest BCUT2D eigenvalue weighted by atomic mass is 9.62. The summed E-state index contributed by atoms with van der Waals surface area (Å²) in [5, 5.41) is 18.8. The second-order valence-electron chi connectivity index (χ2n) is 5.38. The van der Waals surface area contributed by atoms with Crippen LogP contribution in [0.15, 0.2) is 0 Å². The van der Waals surface area contributed by atoms with Gasteiger partial charge in [-0.2, -0.15) is 0 Å². The second-order valence-corrected chi connectivity index (χ2v) is 5.38. The van der Waals surface area contributed by atoms with Crippen molar-refractivity contribution in [3.05, 3.63) is 0 Å². The van der Waals surface area contributed by atoms with E-state index in [1.54, 1.807) is 0 Å². The van der Waals surface area contributed by atoms with Crippen molar-refractivity contribution >= 4 is 0 Å². The molecule has 0 aromatic heterocycles. The Kier molecular flexibility index (Phi) is 2.37. The molecule has 0 amide bonds. The zero-order valence-electron chi connectivity index (χ0n) is 8.99. The van der Waals surface area contributed by atoms with Crippen molar-refractivity contribution in [2.24, 2.45) is 11.3 Å². The van der Waals surface area contributed by atoms with E-state index in [1.807, 2.05) is 0 Å². The van der Waals surface area contributed by atoms with E-state index in [2.05, 4.69) is 13.8 Å². The fourth-order valence-corrected chi connectivity index (χ4v) is 3.53. The smallest absolute Gasteiger partial charge is 0.0714 e. The highest BCUT2D eigenvalue weighted by Gasteiger charge is 2.57. The molecule has 4 atom stereocenters. The van der Waals surface area contributed by atoms with Crippen molar-refractivity contribution < 1.29 is 14.9 Å². The molecule has 2 fully saturated rings. The third-order valence-corrected chi connectivity index (χ3v) is 4.07. The van der Waals surface area contributed by atoms with Crippen LogP contribution in [0.2, 0.25) is 0 Å². The molecule has 1 aliphatic carbocycles. The normalized spacial score (nSPS) is 52.3. The van der Waals surface area contributed by atoms with Gasteiger partial charge in [0.25, 0.3) is 0 Å². The van der Waals surface area contributed by atoms with Gasteiger partial charge in [-0.05, 0) is 31.1 Å². The van der Waals surface area contributed by atoms with E-state index >= 15 is 0 Å². The Hall–Kier alpha value is -0.120. The van der Waals surface area contributed by atoms with Gasteiger partial charge in [-0.25, -0.2) is 0 Å². The molecule has 1 heterocycles. The molecular formula is C11H20O3. The van der Waals surface area contributed by atoms with Gasteiger partial charge in [-0.1, -0.05) is 6.92 Å². The Morgan fingerprint density at radius 3 is 2.64 bits per heavy atom. The predicted octanol–water partition coefficient (Wildman–Crippen LogP) is 0.935. The molecular weight excluding hydrogens is 180 g/mol. The molecule has 82 valence electrons. The summed E-state index contributed by atoms with van der Waals surface area (Å²) in [6, 6.07) is 0. The van der Waals surface area contributed by atoms with Gasteiger partial charge < -0.3 is 14.9 Å². The van der Waals surface area contributed by atoms with E-state index in [0.29, 0.717) is 12.3 Å². The lowest BCUT2D eigenvalue weighted by Gasteiger charge is -2.44. The molecule has 1 saturated heterocycles. The minimum Gasteiger partial charge on any atom is -0.396 e. The van der Waals surface area contributed by atoms with Crippen LogP contribution in [0.5, 0.6) is 0 Å². The zero-order valence-corrected chi connectivity index (χ0v) is 8.99. The summed E-state index contributed by atoms with van der Waals surface area (Å²) in [5.41, 5.74) is -0.149. The van der Waals surface area contributed by atoms with Crippen molar-refractivity contribution in [3.8, 4) is 0 Å². The second kappa shape index (κ2) is 3.19. The highest BCUT2D eigenvalue weighted by molar-refractivity contribution is 5.06. The average molecular weight is 200 g/mol. The number of hydrogen-bond acceptors (Lipinski definition) is 3. The van der Waals surface area contributed by atoms with Crippen LogP contribution >= 0.6 is 0 Å². The number of ether oxygens (including phenoxy) is 1. The summed E-state index contributed by atoms with van der Waals surface area (Å²) in [7, 11) is 0. The maximum atomic E-state index is 9.76. The third kappa shape index (κ3) is 1.38. The standard InChI is InChI=1S/C11H20O3/c1-10-5-8(13)6-11(2,14-7-10)9(10)3-4-12/h8-9,12-13H,3-7H2,1-2H3. The van der Waals surface area contributed by atoms with Gasteiger partial charge >= 0.3 is 0 Å². The molecule has 2 aliphatic rings. The number of rotatable bonds is 2. The summed E-state index contributed by atoms with van der Waals surface area (Å²) in [6.45, 7) is 5.18. The number of aliphatic hydroxyl groups excluding tert-OH is 2. The Balaban J connectivity index is 2.24. The predicted molar refractivity (Wildman–Crippen MR) is 52.9 cm³/mol. The van der Waals surface area contributed by atoms with E-state index in [0.717, 1.165) is 19.4 Å². The molecule has 0 aromatic carbocycles. The maximum absolute atomic E-state index is 9.76. The van der Waals surface area contributed by atoms with Crippen molar-refractivity contribution in [1.82, 2.24) is 0 Å². The van der Waals surface area contributed by atoms with Gasteiger partial charge in [-0.15, -0.1) is 0 Å². The molecule has 0 spiro atoms. The van der Waals surface area contributed by atoms with Crippen LogP contribution < -0.4 is 0 Å². The monoisotopic (exact) mass is 200 g/mol. The van der Waals surface area contributed by atoms with Crippen LogP contribution in [-0.4, -0.2) is 35.1 Å². The molecule has 14 heavy (non-hydrogen) atoms. The molecule has 2 bridgehead atoms. The molecule has 2 N–H and O–H groups in total. The summed E-state index contributed by atoms with van der Waals surface area (Å²) in [6.07, 6.45) is 2.09. The van der Waals surface area contributed by atoms with Crippen LogP contribution in [0.4, 0.5) is 0 Å². The molecule has 1 saturated carbocycles. The summed E-state index contributed by atoms with van der Waals surface area (Å²) < 4.78 is 5.83. The molecule has 4 unspecified atom stereocenters. The number of fused-ring (bicyclic) bond motifs is 2. The highest BCUT2D eigenvalue weighted by atomic mass is 16.5. The highest BCUT2D eigenvalue weighted by Crippen LogP contribution is 2.55. The van der Waals surface area contributed by atoms with E-state index in [-0.39, 0.29) is 23.7 Å². The van der Waals surface area contributed by atoms with Gasteiger partial charge in [0.1, 0.15) is 0 Å². The minimum absolute atomic E-state index is 0.0646. The molecule has 1 aliphatic heterocycles. The first-order chi connectivity index (χ1) is 6.50. The van der Waals surface area contributed by atoms with E-state index in [9.17, 15) is 5.11 Å². The van der Waals surface area contributed by atoms with Crippen molar-refractivity contribution in [1.29, 1.82) is 0 Å². The minimum atomic E-state index is -0.234. The average Bonchev–Trinajstić information content (AvgIpc) is 2.26. The maximum Gasteiger partial charge on any atom is 0.0714 e. The van der Waals surface area contributed by atoms with Gasteiger partial charge in [0.2, 0.25) is 0 Å². The topological polar surface area (TPSA) is 49.7 Å². The van der Waals surface area contributed by atoms with Gasteiger partial charge in [-0.3, -0.25) is 0 Å². The fraction of sp³-hybridized carbons (Fsp3) is 1.00. The van der Waals surface area contributed by atoms with E-state index < -0.39 is 0 Å². The van der Waals surface area contributed by atoms with E-state index in [4.69, 9.17) is 9.84 Å². The Morgan fingerprint density at radius 2 is 2.07 bits per heavy atom. The Bertz CT molecular complexity index is 211. The first-order valence-electron chi connectivity index (χ1n) is 5.43. The lowest BCUT2D eigenvalue weighted by Crippen LogP contribution is -2.47. The molecule has 0 aromatic rings. The van der Waals surface area contributed by atoms with E-state index in [1.165, 1.54) is 0 Å². The summed E-state index contributed by atoms with van der Waals surface area (Å²) >= 11 is 0. The largest absolute Gasteiger partial charge is 0.396 e. The lowest BCUT2D eigenvalue weighted by molar-refractivity contribution is -0.0651. The first kappa shape index (κ1) is 10.4. The van der Waals surface area contributed by atoms with Crippen molar-refractivity contribution in [2.45, 2.75) is 44.8 Å². The van der Waals surface area contributed by atoms with Crippen LogP contribution in [0, 0.1) is 11.3 Å². The summed E-state index contributed by atoms with van der Waals surface area (Å²) in [4.78, 5) is 0. The summed E-state index contributed by atoms with van der Waals surface area (Å²) in [5.74, 6) is 0.392. The molecule has 3 nitrogen and oxygen atoms in total. The van der Waals surface area contributed by atoms with Gasteiger partial charge in [0, 0.05) is 13.0 Å². The van der Waals surface area contributed by atoms with Gasteiger partial charge in [0.15, 0.2) is 0 Å². The molecule has 3 heteroatoms. The Morgan fingerprint density at radius 1 is 1.36 bits per heavy atom. The van der Waals surface area contributed by atoms with Gasteiger partial charge in [0.05, 0.1) is 18.3 Å². The van der Waals surface area contributed by atoms with Crippen LogP contribution in [0.1, 0.15) is 33.1 Å². The van der Waals surface area contributed by atoms with Crippen LogP contribution in [-0.2, 0) is 4.74 Å². The van der Waals surface area contributed by atoms with Crippen LogP contribution in [0.25, 0.3) is 0 Å². The zero-order chi connectivity index (χ0) is 10.4. The Labute approximate surface area is 85.1 Å². The fourth-order valence-electron chi connectivity index (χ4n) is 3.53. The molecule has 0 radical (unpaired) electrons. The SMILES string of the molecule is CC12COC(C)(CC(O)C1)C2CCO. The quantitative estimate of drug-likeness (QED) is 0.697.